The van der Waals surface area contributed by atoms with E-state index in [1.807, 2.05) is 61.5 Å². The molecule has 4 aromatic rings. The molecule has 0 unspecified atom stereocenters. The molecular weight excluding hydrogens is 450 g/mol. The van der Waals surface area contributed by atoms with Crippen molar-refractivity contribution in [3.05, 3.63) is 60.9 Å². The van der Waals surface area contributed by atoms with Crippen molar-refractivity contribution in [3.8, 4) is 22.5 Å². The maximum Gasteiger partial charge on any atom is 0.238 e. The second kappa shape index (κ2) is 10.9. The monoisotopic (exact) mass is 483 g/mol. The lowest BCUT2D eigenvalue weighted by Crippen LogP contribution is -2.27. The fraction of sp³-hybridized carbons (Fsp3) is 0.345. The molecule has 0 atom stereocenters. The van der Waals surface area contributed by atoms with E-state index in [9.17, 15) is 4.79 Å². The minimum absolute atomic E-state index is 0.0500. The molecule has 7 nitrogen and oxygen atoms in total. The highest BCUT2D eigenvalue weighted by atomic mass is 16.3. The zero-order valence-corrected chi connectivity index (χ0v) is 21.0. The number of hydrogen-bond acceptors (Lipinski definition) is 6. The molecule has 1 amide bonds. The van der Waals surface area contributed by atoms with Gasteiger partial charge in [0.2, 0.25) is 11.6 Å². The molecular formula is C29H33N5O2. The molecule has 1 fully saturated rings. The van der Waals surface area contributed by atoms with Gasteiger partial charge in [-0.25, -0.2) is 9.97 Å². The molecule has 0 spiro atoms. The number of nitrogens with one attached hydrogen (secondary N) is 2. The number of anilines is 2. The Balaban J connectivity index is 1.54. The van der Waals surface area contributed by atoms with E-state index < -0.39 is 0 Å². The number of furan rings is 1. The number of nitrogens with zero attached hydrogens (tertiary/aromatic N) is 3. The van der Waals surface area contributed by atoms with Crippen LogP contribution >= 0.6 is 0 Å². The zero-order valence-electron chi connectivity index (χ0n) is 21.0. The summed E-state index contributed by atoms with van der Waals surface area (Å²) < 4.78 is 6.38. The normalized spacial score (nSPS) is 14.6. The standard InChI is InChI=1S/C29H33N5O2/c1-34(2)18-24(35)32-23-16-14-21(15-17-23)27-25(20-10-6-5-7-11-20)26-28(30-19-31-29(26)36-27)33-22-12-8-3-4-9-13-22/h5-7,10-11,14-17,19,22H,3-4,8-9,12-13,18H2,1-2H3,(H,32,35)(H,30,31,33). The van der Waals surface area contributed by atoms with Gasteiger partial charge >= 0.3 is 0 Å². The van der Waals surface area contributed by atoms with E-state index in [-0.39, 0.29) is 5.91 Å². The summed E-state index contributed by atoms with van der Waals surface area (Å²) in [4.78, 5) is 23.2. The third-order valence-electron chi connectivity index (χ3n) is 6.64. The third-order valence-corrected chi connectivity index (χ3v) is 6.64. The maximum absolute atomic E-state index is 12.2. The van der Waals surface area contributed by atoms with Crippen molar-refractivity contribution in [2.24, 2.45) is 0 Å². The van der Waals surface area contributed by atoms with Gasteiger partial charge in [0.25, 0.3) is 0 Å². The average Bonchev–Trinajstić information content (AvgIpc) is 3.08. The Kier molecular flexibility index (Phi) is 7.28. The van der Waals surface area contributed by atoms with Crippen LogP contribution in [0.1, 0.15) is 38.5 Å². The van der Waals surface area contributed by atoms with Crippen LogP contribution in [-0.2, 0) is 4.79 Å². The van der Waals surface area contributed by atoms with Gasteiger partial charge in [-0.05, 0) is 56.8 Å². The molecule has 1 aliphatic carbocycles. The van der Waals surface area contributed by atoms with Crippen LogP contribution < -0.4 is 10.6 Å². The van der Waals surface area contributed by atoms with Crippen molar-refractivity contribution < 1.29 is 9.21 Å². The second-order valence-corrected chi connectivity index (χ2v) is 9.77. The van der Waals surface area contributed by atoms with Gasteiger partial charge in [0, 0.05) is 22.9 Å². The maximum atomic E-state index is 12.2. The number of hydrogen-bond donors (Lipinski definition) is 2. The molecule has 36 heavy (non-hydrogen) atoms. The minimum atomic E-state index is -0.0500. The van der Waals surface area contributed by atoms with Gasteiger partial charge in [-0.15, -0.1) is 0 Å². The van der Waals surface area contributed by atoms with Crippen molar-refractivity contribution in [2.45, 2.75) is 44.6 Å². The molecule has 2 N–H and O–H groups in total. The summed E-state index contributed by atoms with van der Waals surface area (Å²) in [6, 6.07) is 18.4. The van der Waals surface area contributed by atoms with Gasteiger partial charge in [0.05, 0.1) is 11.9 Å². The molecule has 2 aromatic heterocycles. The Morgan fingerprint density at radius 2 is 1.67 bits per heavy atom. The summed E-state index contributed by atoms with van der Waals surface area (Å²) in [6.45, 7) is 0.332. The van der Waals surface area contributed by atoms with Crippen molar-refractivity contribution in [3.63, 3.8) is 0 Å². The smallest absolute Gasteiger partial charge is 0.238 e. The Hall–Kier alpha value is -3.71. The summed E-state index contributed by atoms with van der Waals surface area (Å²) in [7, 11) is 3.74. The summed E-state index contributed by atoms with van der Waals surface area (Å²) in [5, 5.41) is 7.57. The summed E-state index contributed by atoms with van der Waals surface area (Å²) in [6.07, 6.45) is 8.96. The van der Waals surface area contributed by atoms with Crippen LogP contribution in [0.15, 0.2) is 65.3 Å². The SMILES string of the molecule is CN(C)CC(=O)Nc1ccc(-c2oc3ncnc(NC4CCCCCC4)c3c2-c2ccccc2)cc1. The largest absolute Gasteiger partial charge is 0.437 e. The first kappa shape index (κ1) is 24.0. The first-order valence-corrected chi connectivity index (χ1v) is 12.7. The number of carbonyl (C=O) groups excluding carboxylic acids is 1. The zero-order chi connectivity index (χ0) is 24.9. The van der Waals surface area contributed by atoms with Crippen molar-refractivity contribution in [2.75, 3.05) is 31.3 Å². The summed E-state index contributed by atoms with van der Waals surface area (Å²) in [5.74, 6) is 1.52. The lowest BCUT2D eigenvalue weighted by Gasteiger charge is -2.17. The molecule has 0 aliphatic heterocycles. The van der Waals surface area contributed by atoms with Gasteiger partial charge in [-0.3, -0.25) is 4.79 Å². The Morgan fingerprint density at radius 1 is 0.944 bits per heavy atom. The molecule has 0 radical (unpaired) electrons. The van der Waals surface area contributed by atoms with Crippen molar-refractivity contribution >= 4 is 28.5 Å². The molecule has 0 bridgehead atoms. The van der Waals surface area contributed by atoms with Crippen LogP contribution in [0.4, 0.5) is 11.5 Å². The predicted molar refractivity (Wildman–Crippen MR) is 145 cm³/mol. The van der Waals surface area contributed by atoms with Gasteiger partial charge in [-0.1, -0.05) is 56.0 Å². The number of benzene rings is 2. The molecule has 186 valence electrons. The number of likely N-dealkylation sites (N-methyl/N-ethyl adjacent to an activating group) is 1. The number of carbonyl (C=O) groups is 1. The van der Waals surface area contributed by atoms with E-state index in [0.717, 1.165) is 52.2 Å². The number of aromatic nitrogens is 2. The van der Waals surface area contributed by atoms with E-state index in [0.29, 0.717) is 18.3 Å². The van der Waals surface area contributed by atoms with Crippen LogP contribution in [0.2, 0.25) is 0 Å². The second-order valence-electron chi connectivity index (χ2n) is 9.77. The molecule has 1 aliphatic rings. The minimum Gasteiger partial charge on any atom is -0.437 e. The first-order valence-electron chi connectivity index (χ1n) is 12.7. The van der Waals surface area contributed by atoms with E-state index in [2.05, 4.69) is 32.7 Å². The number of fused-ring (bicyclic) bond motifs is 1. The molecule has 0 saturated heterocycles. The molecule has 2 heterocycles. The van der Waals surface area contributed by atoms with E-state index in [4.69, 9.17) is 4.42 Å². The Bertz CT molecular complexity index is 1310. The van der Waals surface area contributed by atoms with Crippen LogP contribution in [0.3, 0.4) is 0 Å². The lowest BCUT2D eigenvalue weighted by molar-refractivity contribution is -0.116. The fourth-order valence-electron chi connectivity index (χ4n) is 4.94. The molecule has 7 heteroatoms. The van der Waals surface area contributed by atoms with Crippen molar-refractivity contribution in [1.82, 2.24) is 14.9 Å². The summed E-state index contributed by atoms with van der Waals surface area (Å²) in [5.41, 5.74) is 4.26. The first-order chi connectivity index (χ1) is 17.6. The fourth-order valence-corrected chi connectivity index (χ4v) is 4.94. The quantitative estimate of drug-likeness (QED) is 0.305. The Morgan fingerprint density at radius 3 is 2.36 bits per heavy atom. The average molecular weight is 484 g/mol. The third kappa shape index (κ3) is 5.41. The van der Waals surface area contributed by atoms with Crippen LogP contribution in [0.25, 0.3) is 33.6 Å². The Labute approximate surface area is 211 Å². The molecule has 1 saturated carbocycles. The lowest BCUT2D eigenvalue weighted by atomic mass is 9.99. The predicted octanol–water partition coefficient (Wildman–Crippen LogP) is 6.19. The highest BCUT2D eigenvalue weighted by Gasteiger charge is 2.23. The number of amides is 1. The van der Waals surface area contributed by atoms with E-state index in [1.54, 1.807) is 6.33 Å². The van der Waals surface area contributed by atoms with Crippen LogP contribution in [-0.4, -0.2) is 47.5 Å². The van der Waals surface area contributed by atoms with Crippen LogP contribution in [0, 0.1) is 0 Å². The topological polar surface area (TPSA) is 83.3 Å². The van der Waals surface area contributed by atoms with Gasteiger partial charge in [-0.2, -0.15) is 0 Å². The van der Waals surface area contributed by atoms with E-state index in [1.165, 1.54) is 25.7 Å². The van der Waals surface area contributed by atoms with Crippen molar-refractivity contribution in [1.29, 1.82) is 0 Å². The van der Waals surface area contributed by atoms with Gasteiger partial charge in [0.1, 0.15) is 17.9 Å². The van der Waals surface area contributed by atoms with E-state index >= 15 is 0 Å². The molecule has 2 aromatic carbocycles. The molecule has 5 rings (SSSR count). The summed E-state index contributed by atoms with van der Waals surface area (Å²) >= 11 is 0. The number of rotatable bonds is 7. The van der Waals surface area contributed by atoms with Gasteiger partial charge < -0.3 is 20.0 Å². The highest BCUT2D eigenvalue weighted by Crippen LogP contribution is 2.43. The highest BCUT2D eigenvalue weighted by molar-refractivity contribution is 6.06. The van der Waals surface area contributed by atoms with Gasteiger partial charge in [0.15, 0.2) is 0 Å². The van der Waals surface area contributed by atoms with Crippen LogP contribution in [0.5, 0.6) is 0 Å².